The van der Waals surface area contributed by atoms with Gasteiger partial charge in [0.2, 0.25) is 0 Å². The van der Waals surface area contributed by atoms with Crippen LogP contribution in [0.15, 0.2) is 36.4 Å². The molecule has 0 bridgehead atoms. The number of nitro benzene ring substituents is 1. The number of amides is 1. The number of nitrogen functional groups attached to an aromatic ring is 1. The molecule has 1 amide bonds. The molecule has 2 aromatic rings. The summed E-state index contributed by atoms with van der Waals surface area (Å²) < 4.78 is 0. The number of hydrogen-bond acceptors (Lipinski definition) is 4. The van der Waals surface area contributed by atoms with Crippen LogP contribution in [0.2, 0.25) is 10.0 Å². The van der Waals surface area contributed by atoms with Crippen LogP contribution in [-0.4, -0.2) is 10.8 Å². The van der Waals surface area contributed by atoms with Gasteiger partial charge in [0.25, 0.3) is 11.6 Å². The minimum Gasteiger partial charge on any atom is -0.398 e. The molecule has 2 rings (SSSR count). The Morgan fingerprint density at radius 1 is 1.14 bits per heavy atom. The number of rotatable bonds is 3. The van der Waals surface area contributed by atoms with Gasteiger partial charge in [-0.3, -0.25) is 14.9 Å². The Hall–Kier alpha value is -2.31. The summed E-state index contributed by atoms with van der Waals surface area (Å²) in [5.74, 6) is -0.574. The van der Waals surface area contributed by atoms with E-state index in [4.69, 9.17) is 28.9 Å². The monoisotopic (exact) mass is 325 g/mol. The van der Waals surface area contributed by atoms with Gasteiger partial charge in [-0.2, -0.15) is 0 Å². The van der Waals surface area contributed by atoms with E-state index in [9.17, 15) is 14.9 Å². The summed E-state index contributed by atoms with van der Waals surface area (Å²) in [6.45, 7) is 0. The van der Waals surface area contributed by atoms with Gasteiger partial charge in [-0.05, 0) is 24.3 Å². The van der Waals surface area contributed by atoms with Crippen molar-refractivity contribution in [3.8, 4) is 0 Å². The van der Waals surface area contributed by atoms with Gasteiger partial charge < -0.3 is 11.1 Å². The van der Waals surface area contributed by atoms with Crippen molar-refractivity contribution in [3.05, 3.63) is 62.1 Å². The number of halogens is 2. The molecule has 0 saturated heterocycles. The molecule has 0 aliphatic carbocycles. The molecule has 3 N–H and O–H groups in total. The Morgan fingerprint density at radius 3 is 2.48 bits per heavy atom. The predicted molar refractivity (Wildman–Crippen MR) is 81.9 cm³/mol. The molecule has 0 radical (unpaired) electrons. The van der Waals surface area contributed by atoms with Gasteiger partial charge in [0, 0.05) is 23.5 Å². The third-order valence-electron chi connectivity index (χ3n) is 2.67. The Morgan fingerprint density at radius 2 is 1.86 bits per heavy atom. The van der Waals surface area contributed by atoms with Crippen LogP contribution in [0.25, 0.3) is 0 Å². The molecule has 0 unspecified atom stereocenters. The van der Waals surface area contributed by atoms with Crippen LogP contribution >= 0.6 is 23.2 Å². The number of nitrogens with zero attached hydrogens (tertiary/aromatic N) is 1. The van der Waals surface area contributed by atoms with E-state index in [0.717, 1.165) is 6.07 Å². The zero-order valence-electron chi connectivity index (χ0n) is 10.5. The second-order valence-electron chi connectivity index (χ2n) is 4.11. The van der Waals surface area contributed by atoms with Crippen molar-refractivity contribution < 1.29 is 9.72 Å². The maximum Gasteiger partial charge on any atom is 0.270 e. The van der Waals surface area contributed by atoms with Crippen molar-refractivity contribution in [3.63, 3.8) is 0 Å². The van der Waals surface area contributed by atoms with Gasteiger partial charge in [-0.25, -0.2) is 0 Å². The van der Waals surface area contributed by atoms with E-state index in [1.165, 1.54) is 24.3 Å². The first-order valence-electron chi connectivity index (χ1n) is 5.69. The van der Waals surface area contributed by atoms with Crippen LogP contribution < -0.4 is 11.1 Å². The number of carbonyl (C=O) groups excluding carboxylic acids is 1. The maximum absolute atomic E-state index is 12.1. The first kappa shape index (κ1) is 15.1. The van der Waals surface area contributed by atoms with E-state index in [1.54, 1.807) is 6.07 Å². The lowest BCUT2D eigenvalue weighted by atomic mass is 10.1. The second kappa shape index (κ2) is 5.99. The number of nitro groups is 1. The normalized spacial score (nSPS) is 10.2. The Labute approximate surface area is 129 Å². The first-order valence-corrected chi connectivity index (χ1v) is 6.44. The van der Waals surface area contributed by atoms with E-state index in [2.05, 4.69) is 5.32 Å². The van der Waals surface area contributed by atoms with E-state index < -0.39 is 10.8 Å². The molecule has 0 atom stereocenters. The van der Waals surface area contributed by atoms with Gasteiger partial charge in [0.05, 0.1) is 20.5 Å². The Kier molecular flexibility index (Phi) is 4.30. The second-order valence-corrected chi connectivity index (χ2v) is 4.93. The molecule has 0 saturated carbocycles. The Balaban J connectivity index is 2.29. The molecule has 2 aromatic carbocycles. The van der Waals surface area contributed by atoms with E-state index >= 15 is 0 Å². The van der Waals surface area contributed by atoms with E-state index in [-0.39, 0.29) is 22.0 Å². The summed E-state index contributed by atoms with van der Waals surface area (Å²) in [6.07, 6.45) is 0. The van der Waals surface area contributed by atoms with Crippen molar-refractivity contribution in [1.82, 2.24) is 0 Å². The average Bonchev–Trinajstić information content (AvgIpc) is 2.43. The standard InChI is InChI=1S/C13H9Cl2N3O3/c14-10-3-1-7(5-11(10)15)17-13(19)9-6-8(18(20)21)2-4-12(9)16/h1-6H,16H2,(H,17,19). The molecule has 0 heterocycles. The lowest BCUT2D eigenvalue weighted by Gasteiger charge is -2.08. The SMILES string of the molecule is Nc1ccc([N+](=O)[O-])cc1C(=O)Nc1ccc(Cl)c(Cl)c1. The summed E-state index contributed by atoms with van der Waals surface area (Å²) in [4.78, 5) is 22.2. The fraction of sp³-hybridized carbons (Fsp3) is 0. The van der Waals surface area contributed by atoms with Crippen LogP contribution in [0.1, 0.15) is 10.4 Å². The summed E-state index contributed by atoms with van der Waals surface area (Å²) in [7, 11) is 0. The molecule has 108 valence electrons. The first-order chi connectivity index (χ1) is 9.88. The van der Waals surface area contributed by atoms with Crippen LogP contribution in [0.3, 0.4) is 0 Å². The molecular formula is C13H9Cl2N3O3. The van der Waals surface area contributed by atoms with Gasteiger partial charge >= 0.3 is 0 Å². The number of anilines is 2. The highest BCUT2D eigenvalue weighted by atomic mass is 35.5. The van der Waals surface area contributed by atoms with Crippen molar-refractivity contribution in [2.75, 3.05) is 11.1 Å². The largest absolute Gasteiger partial charge is 0.398 e. The number of hydrogen-bond donors (Lipinski definition) is 2. The minimum atomic E-state index is -0.602. The summed E-state index contributed by atoms with van der Waals surface area (Å²) >= 11 is 11.6. The van der Waals surface area contributed by atoms with Crippen LogP contribution in [0.5, 0.6) is 0 Å². The lowest BCUT2D eigenvalue weighted by molar-refractivity contribution is -0.384. The molecule has 8 heteroatoms. The third kappa shape index (κ3) is 3.42. The van der Waals surface area contributed by atoms with Crippen molar-refractivity contribution >= 4 is 46.2 Å². The van der Waals surface area contributed by atoms with E-state index in [1.807, 2.05) is 0 Å². The molecule has 0 spiro atoms. The highest BCUT2D eigenvalue weighted by molar-refractivity contribution is 6.42. The quantitative estimate of drug-likeness (QED) is 0.510. The number of carbonyl (C=O) groups is 1. The fourth-order valence-electron chi connectivity index (χ4n) is 1.63. The van der Waals surface area contributed by atoms with Crippen molar-refractivity contribution in [2.24, 2.45) is 0 Å². The maximum atomic E-state index is 12.1. The third-order valence-corrected chi connectivity index (χ3v) is 3.41. The molecule has 0 aliphatic heterocycles. The smallest absolute Gasteiger partial charge is 0.270 e. The molecular weight excluding hydrogens is 317 g/mol. The summed E-state index contributed by atoms with van der Waals surface area (Å²) in [5.41, 5.74) is 6.00. The highest BCUT2D eigenvalue weighted by Gasteiger charge is 2.15. The topological polar surface area (TPSA) is 98.3 Å². The molecule has 21 heavy (non-hydrogen) atoms. The van der Waals surface area contributed by atoms with Crippen LogP contribution in [0.4, 0.5) is 17.1 Å². The van der Waals surface area contributed by atoms with Gasteiger partial charge in [-0.1, -0.05) is 23.2 Å². The number of nitrogens with two attached hydrogens (primary N) is 1. The fourth-order valence-corrected chi connectivity index (χ4v) is 1.92. The summed E-state index contributed by atoms with van der Waals surface area (Å²) in [6, 6.07) is 8.20. The van der Waals surface area contributed by atoms with Crippen molar-refractivity contribution in [1.29, 1.82) is 0 Å². The van der Waals surface area contributed by atoms with Crippen LogP contribution in [-0.2, 0) is 0 Å². The number of non-ortho nitro benzene ring substituents is 1. The average molecular weight is 326 g/mol. The van der Waals surface area contributed by atoms with Crippen LogP contribution in [0, 0.1) is 10.1 Å². The highest BCUT2D eigenvalue weighted by Crippen LogP contribution is 2.26. The minimum absolute atomic E-state index is 0.00951. The summed E-state index contributed by atoms with van der Waals surface area (Å²) in [5, 5.41) is 13.9. The van der Waals surface area contributed by atoms with Gasteiger partial charge in [0.15, 0.2) is 0 Å². The van der Waals surface area contributed by atoms with E-state index in [0.29, 0.717) is 10.7 Å². The zero-order chi connectivity index (χ0) is 15.6. The van der Waals surface area contributed by atoms with Gasteiger partial charge in [-0.15, -0.1) is 0 Å². The zero-order valence-corrected chi connectivity index (χ0v) is 12.0. The van der Waals surface area contributed by atoms with Crippen molar-refractivity contribution in [2.45, 2.75) is 0 Å². The molecule has 0 aliphatic rings. The molecule has 0 aromatic heterocycles. The van der Waals surface area contributed by atoms with Gasteiger partial charge in [0.1, 0.15) is 0 Å². The lowest BCUT2D eigenvalue weighted by Crippen LogP contribution is -2.14. The number of nitrogens with one attached hydrogen (secondary N) is 1. The Bertz CT molecular complexity index is 735. The molecule has 0 fully saturated rings. The predicted octanol–water partition coefficient (Wildman–Crippen LogP) is 3.74. The molecule has 6 nitrogen and oxygen atoms in total. The number of benzene rings is 2.